The van der Waals surface area contributed by atoms with Crippen LogP contribution >= 0.6 is 11.3 Å². The summed E-state index contributed by atoms with van der Waals surface area (Å²) < 4.78 is 5.54. The molecule has 0 radical (unpaired) electrons. The molecular weight excluding hydrogens is 394 g/mol. The molecule has 30 heavy (non-hydrogen) atoms. The highest BCUT2D eigenvalue weighted by molar-refractivity contribution is 7.20. The predicted octanol–water partition coefficient (Wildman–Crippen LogP) is 5.76. The summed E-state index contributed by atoms with van der Waals surface area (Å²) in [6.07, 6.45) is 2.21. The number of carbonyl (C=O) groups is 1. The molecule has 0 saturated heterocycles. The average molecular weight is 418 g/mol. The zero-order chi connectivity index (χ0) is 21.1. The molecule has 6 heteroatoms. The Morgan fingerprint density at radius 2 is 1.87 bits per heavy atom. The van der Waals surface area contributed by atoms with E-state index in [2.05, 4.69) is 47.3 Å². The van der Waals surface area contributed by atoms with E-state index in [-0.39, 0.29) is 5.97 Å². The standard InChI is InChI=1S/C24H23N3O2S/c1-15-9-10-16(2)19(13-15)27-22-20-17(3)21(30-23(20)26-14-25-22)24(28)29-12-11-18-7-5-4-6-8-18/h4-10,13-14H,11-12H2,1-3H3,(H,25,26,27). The third-order valence-corrected chi connectivity index (χ3v) is 6.20. The van der Waals surface area contributed by atoms with Crippen molar-refractivity contribution in [1.82, 2.24) is 9.97 Å². The van der Waals surface area contributed by atoms with Crippen molar-refractivity contribution in [3.63, 3.8) is 0 Å². The molecule has 2 aromatic heterocycles. The van der Waals surface area contributed by atoms with Gasteiger partial charge < -0.3 is 10.1 Å². The number of aryl methyl sites for hydroxylation is 3. The van der Waals surface area contributed by atoms with Gasteiger partial charge >= 0.3 is 5.97 Å². The molecule has 2 aromatic carbocycles. The molecule has 1 N–H and O–H groups in total. The van der Waals surface area contributed by atoms with Gasteiger partial charge in [0, 0.05) is 12.1 Å². The largest absolute Gasteiger partial charge is 0.461 e. The number of fused-ring (bicyclic) bond motifs is 1. The van der Waals surface area contributed by atoms with E-state index in [1.807, 2.05) is 37.3 Å². The second kappa shape index (κ2) is 8.63. The van der Waals surface area contributed by atoms with Crippen LogP contribution in [0.4, 0.5) is 11.5 Å². The molecule has 0 saturated carbocycles. The van der Waals surface area contributed by atoms with E-state index in [0.29, 0.717) is 23.7 Å². The fourth-order valence-corrected chi connectivity index (χ4v) is 4.37. The van der Waals surface area contributed by atoms with Crippen LogP contribution in [0.2, 0.25) is 0 Å². The van der Waals surface area contributed by atoms with Gasteiger partial charge in [-0.2, -0.15) is 0 Å². The minimum atomic E-state index is -0.316. The van der Waals surface area contributed by atoms with Gasteiger partial charge in [0.05, 0.1) is 12.0 Å². The van der Waals surface area contributed by atoms with E-state index in [9.17, 15) is 4.79 Å². The molecule has 4 aromatic rings. The maximum Gasteiger partial charge on any atom is 0.348 e. The first kappa shape index (κ1) is 20.0. The second-order valence-corrected chi connectivity index (χ2v) is 8.27. The molecule has 0 spiro atoms. The number of carbonyl (C=O) groups excluding carboxylic acids is 1. The van der Waals surface area contributed by atoms with Crippen LogP contribution in [0.1, 0.15) is 31.9 Å². The molecular formula is C24H23N3O2S. The van der Waals surface area contributed by atoms with Crippen LogP contribution < -0.4 is 5.32 Å². The maximum atomic E-state index is 12.7. The summed E-state index contributed by atoms with van der Waals surface area (Å²) in [5, 5.41) is 4.28. The topological polar surface area (TPSA) is 64.1 Å². The lowest BCUT2D eigenvalue weighted by Crippen LogP contribution is -2.07. The molecule has 0 unspecified atom stereocenters. The highest BCUT2D eigenvalue weighted by atomic mass is 32.1. The highest BCUT2D eigenvalue weighted by Crippen LogP contribution is 2.35. The predicted molar refractivity (Wildman–Crippen MR) is 122 cm³/mol. The summed E-state index contributed by atoms with van der Waals surface area (Å²) in [7, 11) is 0. The Labute approximate surface area is 179 Å². The van der Waals surface area contributed by atoms with Crippen LogP contribution in [0.25, 0.3) is 10.2 Å². The molecule has 0 atom stereocenters. The number of anilines is 2. The molecule has 0 fully saturated rings. The van der Waals surface area contributed by atoms with Crippen molar-refractivity contribution in [3.8, 4) is 0 Å². The molecule has 2 heterocycles. The summed E-state index contributed by atoms with van der Waals surface area (Å²) in [5.41, 5.74) is 5.27. The van der Waals surface area contributed by atoms with Crippen LogP contribution in [0.3, 0.4) is 0 Å². The van der Waals surface area contributed by atoms with Crippen molar-refractivity contribution in [2.24, 2.45) is 0 Å². The zero-order valence-corrected chi connectivity index (χ0v) is 18.0. The van der Waals surface area contributed by atoms with Crippen molar-refractivity contribution in [3.05, 3.63) is 82.0 Å². The van der Waals surface area contributed by atoms with Crippen molar-refractivity contribution in [1.29, 1.82) is 0 Å². The van der Waals surface area contributed by atoms with Crippen molar-refractivity contribution >= 4 is 39.0 Å². The molecule has 152 valence electrons. The Bertz CT molecular complexity index is 1200. The Morgan fingerprint density at radius 3 is 2.67 bits per heavy atom. The van der Waals surface area contributed by atoms with Crippen LogP contribution in [0, 0.1) is 20.8 Å². The van der Waals surface area contributed by atoms with E-state index in [4.69, 9.17) is 4.74 Å². The van der Waals surface area contributed by atoms with Gasteiger partial charge in [0.1, 0.15) is 21.9 Å². The number of aromatic nitrogens is 2. The van der Waals surface area contributed by atoms with Crippen molar-refractivity contribution in [2.45, 2.75) is 27.2 Å². The Balaban J connectivity index is 1.57. The first-order chi connectivity index (χ1) is 14.5. The van der Waals surface area contributed by atoms with Gasteiger partial charge in [0.15, 0.2) is 0 Å². The third kappa shape index (κ3) is 4.19. The van der Waals surface area contributed by atoms with Crippen LogP contribution in [0.15, 0.2) is 54.9 Å². The number of esters is 1. The number of thiophene rings is 1. The Morgan fingerprint density at radius 1 is 1.07 bits per heavy atom. The van der Waals surface area contributed by atoms with Gasteiger partial charge in [-0.1, -0.05) is 42.5 Å². The van der Waals surface area contributed by atoms with E-state index < -0.39 is 0 Å². The Kier molecular flexibility index (Phi) is 5.77. The van der Waals surface area contributed by atoms with Gasteiger partial charge in [-0.15, -0.1) is 11.3 Å². The summed E-state index contributed by atoms with van der Waals surface area (Å²) in [4.78, 5) is 22.9. The monoisotopic (exact) mass is 417 g/mol. The second-order valence-electron chi connectivity index (χ2n) is 7.27. The van der Waals surface area contributed by atoms with Crippen LogP contribution in [-0.2, 0) is 11.2 Å². The zero-order valence-electron chi connectivity index (χ0n) is 17.2. The summed E-state index contributed by atoms with van der Waals surface area (Å²) in [6, 6.07) is 16.2. The quantitative estimate of drug-likeness (QED) is 0.404. The van der Waals surface area contributed by atoms with Crippen molar-refractivity contribution < 1.29 is 9.53 Å². The number of rotatable bonds is 6. The van der Waals surface area contributed by atoms with E-state index in [0.717, 1.165) is 38.2 Å². The van der Waals surface area contributed by atoms with E-state index >= 15 is 0 Å². The Hall–Kier alpha value is -3.25. The minimum absolute atomic E-state index is 0.316. The van der Waals surface area contributed by atoms with Crippen molar-refractivity contribution in [2.75, 3.05) is 11.9 Å². The number of benzene rings is 2. The lowest BCUT2D eigenvalue weighted by molar-refractivity contribution is 0.0514. The van der Waals surface area contributed by atoms with Gasteiger partial charge in [-0.25, -0.2) is 14.8 Å². The normalized spacial score (nSPS) is 10.9. The molecule has 0 aliphatic rings. The molecule has 0 aliphatic carbocycles. The van der Waals surface area contributed by atoms with E-state index in [1.165, 1.54) is 17.7 Å². The van der Waals surface area contributed by atoms with Gasteiger partial charge in [-0.05, 0) is 49.1 Å². The fourth-order valence-electron chi connectivity index (χ4n) is 3.33. The molecule has 0 bridgehead atoms. The number of nitrogens with zero attached hydrogens (tertiary/aromatic N) is 2. The number of nitrogens with one attached hydrogen (secondary N) is 1. The summed E-state index contributed by atoms with van der Waals surface area (Å²) >= 11 is 1.34. The van der Waals surface area contributed by atoms with Crippen LogP contribution in [-0.4, -0.2) is 22.5 Å². The number of ether oxygens (including phenoxy) is 1. The molecule has 0 aliphatic heterocycles. The lowest BCUT2D eigenvalue weighted by atomic mass is 10.1. The molecule has 4 rings (SSSR count). The number of hydrogen-bond acceptors (Lipinski definition) is 6. The minimum Gasteiger partial charge on any atom is -0.461 e. The molecule has 5 nitrogen and oxygen atoms in total. The highest BCUT2D eigenvalue weighted by Gasteiger charge is 2.20. The summed E-state index contributed by atoms with van der Waals surface area (Å²) in [6.45, 7) is 6.37. The first-order valence-electron chi connectivity index (χ1n) is 9.82. The molecule has 0 amide bonds. The number of hydrogen-bond donors (Lipinski definition) is 1. The first-order valence-corrected chi connectivity index (χ1v) is 10.6. The van der Waals surface area contributed by atoms with Crippen LogP contribution in [0.5, 0.6) is 0 Å². The van der Waals surface area contributed by atoms with Gasteiger partial charge in [0.2, 0.25) is 0 Å². The fraction of sp³-hybridized carbons (Fsp3) is 0.208. The smallest absolute Gasteiger partial charge is 0.348 e. The van der Waals surface area contributed by atoms with Gasteiger partial charge in [-0.3, -0.25) is 0 Å². The maximum absolute atomic E-state index is 12.7. The average Bonchev–Trinajstić information content (AvgIpc) is 3.09. The van der Waals surface area contributed by atoms with E-state index in [1.54, 1.807) is 0 Å². The lowest BCUT2D eigenvalue weighted by Gasteiger charge is -2.11. The van der Waals surface area contributed by atoms with Gasteiger partial charge in [0.25, 0.3) is 0 Å². The summed E-state index contributed by atoms with van der Waals surface area (Å²) in [5.74, 6) is 0.384. The third-order valence-electron chi connectivity index (χ3n) is 5.03. The SMILES string of the molecule is Cc1ccc(C)c(Nc2ncnc3sc(C(=O)OCCc4ccccc4)c(C)c23)c1.